The van der Waals surface area contributed by atoms with Gasteiger partial charge in [-0.15, -0.1) is 0 Å². The highest BCUT2D eigenvalue weighted by Crippen LogP contribution is 2.21. The van der Waals surface area contributed by atoms with E-state index in [2.05, 4.69) is 0 Å². The van der Waals surface area contributed by atoms with Crippen molar-refractivity contribution in [2.45, 2.75) is 18.9 Å². The Morgan fingerprint density at radius 2 is 2.14 bits per heavy atom. The van der Waals surface area contributed by atoms with Crippen molar-refractivity contribution < 1.29 is 9.53 Å². The van der Waals surface area contributed by atoms with E-state index in [0.29, 0.717) is 11.4 Å². The average molecular weight is 213 g/mol. The van der Waals surface area contributed by atoms with Crippen molar-refractivity contribution in [2.75, 3.05) is 7.11 Å². The normalized spacial score (nSPS) is 14.8. The highest BCUT2D eigenvalue weighted by molar-refractivity contribution is 6.31. The standard InChI is InChI=1S/C11H13ClO2/c1-11(8-13,14-2)7-9-5-3-4-6-10(9)12/h3-6,8H,7H2,1-2H3. The third-order valence-corrected chi connectivity index (χ3v) is 2.58. The molecule has 1 unspecified atom stereocenters. The number of ether oxygens (including phenoxy) is 1. The van der Waals surface area contributed by atoms with Crippen molar-refractivity contribution >= 4 is 17.9 Å². The lowest BCUT2D eigenvalue weighted by molar-refractivity contribution is -0.125. The lowest BCUT2D eigenvalue weighted by Crippen LogP contribution is -2.31. The van der Waals surface area contributed by atoms with E-state index >= 15 is 0 Å². The Bertz CT molecular complexity index is 325. The molecule has 0 aliphatic carbocycles. The van der Waals surface area contributed by atoms with E-state index in [1.165, 1.54) is 7.11 Å². The van der Waals surface area contributed by atoms with Crippen LogP contribution in [0.3, 0.4) is 0 Å². The smallest absolute Gasteiger partial charge is 0.151 e. The molecule has 0 aliphatic heterocycles. The predicted molar refractivity (Wildman–Crippen MR) is 56.6 cm³/mol. The van der Waals surface area contributed by atoms with E-state index in [-0.39, 0.29) is 0 Å². The van der Waals surface area contributed by atoms with E-state index in [9.17, 15) is 4.79 Å². The molecule has 0 amide bonds. The lowest BCUT2D eigenvalue weighted by Gasteiger charge is -2.21. The zero-order valence-corrected chi connectivity index (χ0v) is 9.04. The van der Waals surface area contributed by atoms with E-state index in [1.807, 2.05) is 18.2 Å². The van der Waals surface area contributed by atoms with Crippen LogP contribution in [0.2, 0.25) is 5.02 Å². The van der Waals surface area contributed by atoms with Crippen molar-refractivity contribution in [3.8, 4) is 0 Å². The first kappa shape index (κ1) is 11.2. The molecule has 0 aromatic heterocycles. The van der Waals surface area contributed by atoms with Crippen molar-refractivity contribution in [1.82, 2.24) is 0 Å². The Hall–Kier alpha value is -0.860. The van der Waals surface area contributed by atoms with E-state index < -0.39 is 5.60 Å². The summed E-state index contributed by atoms with van der Waals surface area (Å²) in [5.74, 6) is 0. The molecule has 3 heteroatoms. The largest absolute Gasteiger partial charge is 0.371 e. The average Bonchev–Trinajstić information content (AvgIpc) is 2.21. The number of benzene rings is 1. The second kappa shape index (κ2) is 4.58. The van der Waals surface area contributed by atoms with Gasteiger partial charge in [0.2, 0.25) is 0 Å². The second-order valence-corrected chi connectivity index (χ2v) is 3.81. The second-order valence-electron chi connectivity index (χ2n) is 3.40. The van der Waals surface area contributed by atoms with Gasteiger partial charge in [-0.1, -0.05) is 29.8 Å². The molecule has 0 saturated carbocycles. The fraction of sp³-hybridized carbons (Fsp3) is 0.364. The monoisotopic (exact) mass is 212 g/mol. The molecule has 2 nitrogen and oxygen atoms in total. The molecule has 0 heterocycles. The number of carbonyl (C=O) groups excluding carboxylic acids is 1. The molecule has 0 saturated heterocycles. The van der Waals surface area contributed by atoms with Gasteiger partial charge in [-0.05, 0) is 18.6 Å². The number of methoxy groups -OCH3 is 1. The zero-order chi connectivity index (χ0) is 10.6. The van der Waals surface area contributed by atoms with Crippen molar-refractivity contribution in [2.24, 2.45) is 0 Å². The molecule has 1 aromatic rings. The third-order valence-electron chi connectivity index (χ3n) is 2.21. The van der Waals surface area contributed by atoms with Crippen LogP contribution >= 0.6 is 11.6 Å². The Labute approximate surface area is 88.8 Å². The van der Waals surface area contributed by atoms with Crippen LogP contribution in [0, 0.1) is 0 Å². The molecule has 1 atom stereocenters. The van der Waals surface area contributed by atoms with Crippen molar-refractivity contribution in [3.63, 3.8) is 0 Å². The summed E-state index contributed by atoms with van der Waals surface area (Å²) < 4.78 is 5.12. The maximum atomic E-state index is 10.8. The summed E-state index contributed by atoms with van der Waals surface area (Å²) in [6.45, 7) is 1.74. The highest BCUT2D eigenvalue weighted by Gasteiger charge is 2.23. The summed E-state index contributed by atoms with van der Waals surface area (Å²) in [5, 5.41) is 0.664. The minimum absolute atomic E-state index is 0.493. The Kier molecular flexibility index (Phi) is 3.67. The van der Waals surface area contributed by atoms with Gasteiger partial charge >= 0.3 is 0 Å². The fourth-order valence-corrected chi connectivity index (χ4v) is 1.38. The molecule has 76 valence electrons. The van der Waals surface area contributed by atoms with Gasteiger partial charge in [0.15, 0.2) is 6.29 Å². The molecular formula is C11H13ClO2. The molecule has 0 fully saturated rings. The lowest BCUT2D eigenvalue weighted by atomic mass is 9.98. The summed E-state index contributed by atoms with van der Waals surface area (Å²) in [4.78, 5) is 10.8. The molecule has 0 N–H and O–H groups in total. The van der Waals surface area contributed by atoms with Crippen LogP contribution in [0.1, 0.15) is 12.5 Å². The number of aldehydes is 1. The van der Waals surface area contributed by atoms with Gasteiger partial charge in [0.1, 0.15) is 5.60 Å². The molecule has 14 heavy (non-hydrogen) atoms. The first-order valence-electron chi connectivity index (χ1n) is 4.36. The van der Waals surface area contributed by atoms with Crippen LogP contribution in [-0.4, -0.2) is 19.0 Å². The molecule has 0 radical (unpaired) electrons. The summed E-state index contributed by atoms with van der Waals surface area (Å²) in [5.41, 5.74) is 0.135. The summed E-state index contributed by atoms with van der Waals surface area (Å²) >= 11 is 5.97. The first-order chi connectivity index (χ1) is 6.61. The summed E-state index contributed by atoms with van der Waals surface area (Å²) in [6, 6.07) is 7.44. The van der Waals surface area contributed by atoms with Crippen molar-refractivity contribution in [1.29, 1.82) is 0 Å². The quantitative estimate of drug-likeness (QED) is 0.717. The number of carbonyl (C=O) groups is 1. The Morgan fingerprint density at radius 1 is 1.50 bits per heavy atom. The number of halogens is 1. The van der Waals surface area contributed by atoms with Crippen molar-refractivity contribution in [3.05, 3.63) is 34.9 Å². The van der Waals surface area contributed by atoms with Crippen LogP contribution in [0.25, 0.3) is 0 Å². The van der Waals surface area contributed by atoms with Crippen LogP contribution in [0.15, 0.2) is 24.3 Å². The van der Waals surface area contributed by atoms with E-state index in [4.69, 9.17) is 16.3 Å². The minimum atomic E-state index is -0.787. The predicted octanol–water partition coefficient (Wildman–Crippen LogP) is 2.49. The maximum Gasteiger partial charge on any atom is 0.151 e. The van der Waals surface area contributed by atoms with Crippen LogP contribution < -0.4 is 0 Å². The summed E-state index contributed by atoms with van der Waals surface area (Å²) in [6.07, 6.45) is 1.29. The SMILES string of the molecule is COC(C)(C=O)Cc1ccccc1Cl. The minimum Gasteiger partial charge on any atom is -0.371 e. The first-order valence-corrected chi connectivity index (χ1v) is 4.74. The van der Waals surface area contributed by atoms with E-state index in [1.54, 1.807) is 13.0 Å². The van der Waals surface area contributed by atoms with Gasteiger partial charge in [0.25, 0.3) is 0 Å². The fourth-order valence-electron chi connectivity index (χ4n) is 1.18. The molecule has 1 aromatic carbocycles. The number of rotatable bonds is 4. The topological polar surface area (TPSA) is 26.3 Å². The number of hydrogen-bond donors (Lipinski definition) is 0. The van der Waals surface area contributed by atoms with Gasteiger partial charge in [0, 0.05) is 18.6 Å². The highest BCUT2D eigenvalue weighted by atomic mass is 35.5. The Balaban J connectivity index is 2.87. The third kappa shape index (κ3) is 2.56. The van der Waals surface area contributed by atoms with Gasteiger partial charge < -0.3 is 9.53 Å². The molecular weight excluding hydrogens is 200 g/mol. The molecule has 0 spiro atoms. The van der Waals surface area contributed by atoms with Crippen LogP contribution in [0.4, 0.5) is 0 Å². The van der Waals surface area contributed by atoms with Gasteiger partial charge in [-0.2, -0.15) is 0 Å². The molecule has 0 aliphatic rings. The Morgan fingerprint density at radius 3 is 2.64 bits per heavy atom. The van der Waals surface area contributed by atoms with Gasteiger partial charge in [0.05, 0.1) is 0 Å². The van der Waals surface area contributed by atoms with Crippen LogP contribution in [0.5, 0.6) is 0 Å². The van der Waals surface area contributed by atoms with E-state index in [0.717, 1.165) is 11.8 Å². The maximum absolute atomic E-state index is 10.8. The molecule has 1 rings (SSSR count). The summed E-state index contributed by atoms with van der Waals surface area (Å²) in [7, 11) is 1.52. The van der Waals surface area contributed by atoms with Crippen LogP contribution in [-0.2, 0) is 16.0 Å². The number of hydrogen-bond acceptors (Lipinski definition) is 2. The zero-order valence-electron chi connectivity index (χ0n) is 8.29. The van der Waals surface area contributed by atoms with Gasteiger partial charge in [-0.25, -0.2) is 0 Å². The molecule has 0 bridgehead atoms. The van der Waals surface area contributed by atoms with Gasteiger partial charge in [-0.3, -0.25) is 0 Å².